The summed E-state index contributed by atoms with van der Waals surface area (Å²) in [5.74, 6) is 0. The van der Waals surface area contributed by atoms with Crippen LogP contribution in [0.3, 0.4) is 0 Å². The van der Waals surface area contributed by atoms with Crippen LogP contribution < -0.4 is 4.90 Å². The van der Waals surface area contributed by atoms with Crippen molar-refractivity contribution in [1.82, 2.24) is 9.88 Å². The molecule has 2 aliphatic rings. The quantitative estimate of drug-likeness (QED) is 0.454. The summed E-state index contributed by atoms with van der Waals surface area (Å²) in [5.41, 5.74) is 8.04. The van der Waals surface area contributed by atoms with Crippen molar-refractivity contribution >= 4 is 27.8 Å². The smallest absolute Gasteiger partial charge is 0.227 e. The van der Waals surface area contributed by atoms with Crippen molar-refractivity contribution in [2.45, 2.75) is 39.5 Å². The zero-order chi connectivity index (χ0) is 19.0. The van der Waals surface area contributed by atoms with E-state index in [2.05, 4.69) is 77.2 Å². The topological polar surface area (TPSA) is 32.5 Å². The summed E-state index contributed by atoms with van der Waals surface area (Å²) in [6.45, 7) is 8.59. The van der Waals surface area contributed by atoms with Crippen molar-refractivity contribution in [3.05, 3.63) is 70.9 Å². The predicted molar refractivity (Wildman–Crippen MR) is 113 cm³/mol. The van der Waals surface area contributed by atoms with Crippen LogP contribution in [0.2, 0.25) is 0 Å². The highest BCUT2D eigenvalue weighted by Gasteiger charge is 2.43. The molecular weight excluding hydrogens is 346 g/mol. The summed E-state index contributed by atoms with van der Waals surface area (Å²) in [4.78, 5) is 9.77. The van der Waals surface area contributed by atoms with Gasteiger partial charge in [-0.1, -0.05) is 36.4 Å². The fourth-order valence-corrected chi connectivity index (χ4v) is 5.13. The molecule has 2 bridgehead atoms. The van der Waals surface area contributed by atoms with Gasteiger partial charge in [-0.25, -0.2) is 4.98 Å². The largest absolute Gasteiger partial charge is 0.436 e. The maximum absolute atomic E-state index is 6.37. The van der Waals surface area contributed by atoms with Gasteiger partial charge in [0.25, 0.3) is 0 Å². The van der Waals surface area contributed by atoms with Crippen LogP contribution in [0.15, 0.2) is 52.9 Å². The van der Waals surface area contributed by atoms with Crippen molar-refractivity contribution in [3.63, 3.8) is 0 Å². The Morgan fingerprint density at radius 1 is 1.00 bits per heavy atom. The molecule has 3 atom stereocenters. The van der Waals surface area contributed by atoms with Crippen LogP contribution in [0.5, 0.6) is 0 Å². The molecule has 1 saturated heterocycles. The Kier molecular flexibility index (Phi) is 3.22. The van der Waals surface area contributed by atoms with E-state index in [1.54, 1.807) is 0 Å². The Labute approximate surface area is 164 Å². The number of rotatable bonds is 1. The van der Waals surface area contributed by atoms with Gasteiger partial charge >= 0.3 is 0 Å². The van der Waals surface area contributed by atoms with Gasteiger partial charge in [0.1, 0.15) is 0 Å². The number of aryl methyl sites for hydroxylation is 2. The summed E-state index contributed by atoms with van der Waals surface area (Å²) in [6, 6.07) is 17.8. The molecule has 140 valence electrons. The Hall–Kier alpha value is -2.85. The van der Waals surface area contributed by atoms with Crippen LogP contribution in [0.1, 0.15) is 35.3 Å². The molecule has 2 aliphatic heterocycles. The summed E-state index contributed by atoms with van der Waals surface area (Å²) in [7, 11) is 0. The van der Waals surface area contributed by atoms with Crippen LogP contribution in [-0.4, -0.2) is 22.6 Å². The molecule has 4 nitrogen and oxygen atoms in total. The van der Waals surface area contributed by atoms with Gasteiger partial charge in [-0.15, -0.1) is 0 Å². The molecule has 0 amide bonds. The standard InChI is InChI=1S/C24H23N3O/c1-14-8-10-19-20-11-9-15(2)25-24(20)28-23(19)22(14)27-16(3)26-12-17-6-4-5-7-18(17)21(27)13-26/h4-11,16,21H,12-13H2,1-3H3. The summed E-state index contributed by atoms with van der Waals surface area (Å²) in [5, 5.41) is 2.25. The lowest BCUT2D eigenvalue weighted by Gasteiger charge is -2.31. The van der Waals surface area contributed by atoms with E-state index in [4.69, 9.17) is 4.42 Å². The first-order valence-corrected chi connectivity index (χ1v) is 10.0. The lowest BCUT2D eigenvalue weighted by molar-refractivity contribution is 0.252. The molecule has 2 aromatic heterocycles. The van der Waals surface area contributed by atoms with Crippen molar-refractivity contribution in [3.8, 4) is 0 Å². The molecule has 6 rings (SSSR count). The third-order valence-electron chi connectivity index (χ3n) is 6.54. The number of furan rings is 1. The van der Waals surface area contributed by atoms with Gasteiger partial charge in [0, 0.05) is 29.6 Å². The highest BCUT2D eigenvalue weighted by Crippen LogP contribution is 2.47. The number of aromatic nitrogens is 1. The van der Waals surface area contributed by atoms with Crippen LogP contribution in [0, 0.1) is 13.8 Å². The minimum atomic E-state index is 0.324. The Morgan fingerprint density at radius 2 is 1.82 bits per heavy atom. The fourth-order valence-electron chi connectivity index (χ4n) is 5.13. The van der Waals surface area contributed by atoms with E-state index in [9.17, 15) is 0 Å². The van der Waals surface area contributed by atoms with E-state index < -0.39 is 0 Å². The first-order chi connectivity index (χ1) is 13.6. The summed E-state index contributed by atoms with van der Waals surface area (Å²) in [6.07, 6.45) is 0.324. The fraction of sp³-hybridized carbons (Fsp3) is 0.292. The second-order valence-corrected chi connectivity index (χ2v) is 8.20. The molecule has 1 fully saturated rings. The summed E-state index contributed by atoms with van der Waals surface area (Å²) >= 11 is 0. The van der Waals surface area contributed by atoms with E-state index in [-0.39, 0.29) is 0 Å². The normalized spacial score (nSPS) is 23.5. The Bertz CT molecular complexity index is 1240. The number of hydrogen-bond donors (Lipinski definition) is 0. The summed E-state index contributed by atoms with van der Waals surface area (Å²) < 4.78 is 6.37. The minimum Gasteiger partial charge on any atom is -0.436 e. The van der Waals surface area contributed by atoms with Crippen LogP contribution >= 0.6 is 0 Å². The maximum atomic E-state index is 6.37. The van der Waals surface area contributed by atoms with E-state index in [0.717, 1.165) is 40.9 Å². The van der Waals surface area contributed by atoms with Crippen molar-refractivity contribution in [1.29, 1.82) is 0 Å². The average molecular weight is 369 g/mol. The third-order valence-corrected chi connectivity index (χ3v) is 6.54. The molecule has 0 aliphatic carbocycles. The van der Waals surface area contributed by atoms with Crippen molar-refractivity contribution in [2.75, 3.05) is 11.4 Å². The highest BCUT2D eigenvalue weighted by molar-refractivity contribution is 6.08. The number of benzene rings is 2. The first-order valence-electron chi connectivity index (χ1n) is 10.0. The number of nitrogens with zero attached hydrogens (tertiary/aromatic N) is 3. The molecule has 0 spiro atoms. The van der Waals surface area contributed by atoms with Gasteiger partial charge in [-0.2, -0.15) is 0 Å². The van der Waals surface area contributed by atoms with Gasteiger partial charge in [-0.3, -0.25) is 4.90 Å². The second kappa shape index (κ2) is 5.58. The molecule has 0 radical (unpaired) electrons. The van der Waals surface area contributed by atoms with Crippen molar-refractivity contribution < 1.29 is 4.42 Å². The first kappa shape index (κ1) is 16.1. The number of anilines is 1. The van der Waals surface area contributed by atoms with Crippen molar-refractivity contribution in [2.24, 2.45) is 0 Å². The van der Waals surface area contributed by atoms with Gasteiger partial charge in [0.15, 0.2) is 5.58 Å². The molecule has 4 aromatic rings. The maximum Gasteiger partial charge on any atom is 0.227 e. The highest BCUT2D eigenvalue weighted by atomic mass is 16.3. The zero-order valence-electron chi connectivity index (χ0n) is 16.4. The molecule has 2 aromatic carbocycles. The molecular formula is C24H23N3O. The Morgan fingerprint density at radius 3 is 2.71 bits per heavy atom. The monoisotopic (exact) mass is 369 g/mol. The lowest BCUT2D eigenvalue weighted by Crippen LogP contribution is -2.35. The van der Waals surface area contributed by atoms with E-state index in [1.807, 2.05) is 6.92 Å². The van der Waals surface area contributed by atoms with Crippen LogP contribution in [0.4, 0.5) is 5.69 Å². The third kappa shape index (κ3) is 2.07. The van der Waals surface area contributed by atoms with Crippen LogP contribution in [-0.2, 0) is 6.54 Å². The van der Waals surface area contributed by atoms with E-state index in [1.165, 1.54) is 22.4 Å². The molecule has 0 N–H and O–H groups in total. The van der Waals surface area contributed by atoms with Crippen LogP contribution in [0.25, 0.3) is 22.1 Å². The molecule has 4 heterocycles. The number of hydrogen-bond acceptors (Lipinski definition) is 4. The number of fused-ring (bicyclic) bond motifs is 7. The predicted octanol–water partition coefficient (Wildman–Crippen LogP) is 5.32. The molecule has 4 heteroatoms. The van der Waals surface area contributed by atoms with Gasteiger partial charge in [-0.05, 0) is 49.6 Å². The van der Waals surface area contributed by atoms with Gasteiger partial charge in [0.05, 0.1) is 17.9 Å². The second-order valence-electron chi connectivity index (χ2n) is 8.20. The minimum absolute atomic E-state index is 0.324. The van der Waals surface area contributed by atoms with Gasteiger partial charge in [0.2, 0.25) is 5.71 Å². The SMILES string of the molecule is Cc1ccc2c(n1)oc1c(N3C4CN(Cc5ccccc54)C3C)c(C)ccc12. The molecule has 3 unspecified atom stereocenters. The number of pyridine rings is 1. The molecule has 0 saturated carbocycles. The van der Waals surface area contributed by atoms with E-state index >= 15 is 0 Å². The average Bonchev–Trinajstić information content (AvgIpc) is 3.18. The Balaban J connectivity index is 1.62. The zero-order valence-corrected chi connectivity index (χ0v) is 16.4. The molecule has 28 heavy (non-hydrogen) atoms. The van der Waals surface area contributed by atoms with E-state index in [0.29, 0.717) is 12.2 Å². The van der Waals surface area contributed by atoms with Gasteiger partial charge < -0.3 is 9.32 Å². The lowest BCUT2D eigenvalue weighted by atomic mass is 9.96.